The van der Waals surface area contributed by atoms with Gasteiger partial charge in [-0.05, 0) is 24.3 Å². The zero-order chi connectivity index (χ0) is 12.4. The van der Waals surface area contributed by atoms with Gasteiger partial charge in [-0.15, -0.1) is 0 Å². The van der Waals surface area contributed by atoms with Gasteiger partial charge in [-0.1, -0.05) is 23.2 Å². The highest BCUT2D eigenvalue weighted by Gasteiger charge is 2.02. The standard InChI is InChI=1S/C12H10Cl2N2O/c13-7-1-9(15)5-11(3-7)17-12-4-8(14)2-10(16)6-12/h1-6H,15-16H2. The summed E-state index contributed by atoms with van der Waals surface area (Å²) < 4.78 is 5.57. The molecular formula is C12H10Cl2N2O. The van der Waals surface area contributed by atoms with E-state index in [0.717, 1.165) is 0 Å². The molecule has 0 aliphatic rings. The van der Waals surface area contributed by atoms with Crippen molar-refractivity contribution in [3.05, 3.63) is 46.4 Å². The summed E-state index contributed by atoms with van der Waals surface area (Å²) in [4.78, 5) is 0. The first kappa shape index (κ1) is 11.9. The average Bonchev–Trinajstić information content (AvgIpc) is 2.13. The summed E-state index contributed by atoms with van der Waals surface area (Å²) in [5.74, 6) is 1.08. The summed E-state index contributed by atoms with van der Waals surface area (Å²) in [6.45, 7) is 0. The third kappa shape index (κ3) is 3.19. The Bertz CT molecular complexity index is 468. The van der Waals surface area contributed by atoms with Gasteiger partial charge in [0.1, 0.15) is 11.5 Å². The largest absolute Gasteiger partial charge is 0.457 e. The number of nitrogens with two attached hydrogens (primary N) is 2. The van der Waals surface area contributed by atoms with Gasteiger partial charge in [-0.25, -0.2) is 0 Å². The fourth-order valence-corrected chi connectivity index (χ4v) is 1.89. The molecule has 0 atom stereocenters. The summed E-state index contributed by atoms with van der Waals surface area (Å²) in [6.07, 6.45) is 0. The predicted octanol–water partition coefficient (Wildman–Crippen LogP) is 3.95. The monoisotopic (exact) mass is 268 g/mol. The van der Waals surface area contributed by atoms with Gasteiger partial charge in [-0.3, -0.25) is 0 Å². The van der Waals surface area contributed by atoms with Crippen molar-refractivity contribution < 1.29 is 4.74 Å². The van der Waals surface area contributed by atoms with Gasteiger partial charge in [-0.2, -0.15) is 0 Å². The maximum atomic E-state index is 5.87. The number of ether oxygens (including phenoxy) is 1. The second-order valence-electron chi connectivity index (χ2n) is 3.54. The van der Waals surface area contributed by atoms with E-state index < -0.39 is 0 Å². The molecular weight excluding hydrogens is 259 g/mol. The van der Waals surface area contributed by atoms with Gasteiger partial charge in [0.25, 0.3) is 0 Å². The molecule has 88 valence electrons. The minimum Gasteiger partial charge on any atom is -0.457 e. The molecule has 0 fully saturated rings. The Labute approximate surface area is 109 Å². The van der Waals surface area contributed by atoms with Crippen molar-refractivity contribution in [1.29, 1.82) is 0 Å². The van der Waals surface area contributed by atoms with Crippen molar-refractivity contribution in [2.45, 2.75) is 0 Å². The SMILES string of the molecule is Nc1cc(Cl)cc(Oc2cc(N)cc(Cl)c2)c1. The lowest BCUT2D eigenvalue weighted by atomic mass is 10.3. The molecule has 0 aliphatic carbocycles. The van der Waals surface area contributed by atoms with Gasteiger partial charge in [0.15, 0.2) is 0 Å². The van der Waals surface area contributed by atoms with Crippen LogP contribution in [0.1, 0.15) is 0 Å². The lowest BCUT2D eigenvalue weighted by Gasteiger charge is -2.08. The Balaban J connectivity index is 2.31. The van der Waals surface area contributed by atoms with E-state index in [9.17, 15) is 0 Å². The van der Waals surface area contributed by atoms with E-state index >= 15 is 0 Å². The van der Waals surface area contributed by atoms with Gasteiger partial charge < -0.3 is 16.2 Å². The highest BCUT2D eigenvalue weighted by Crippen LogP contribution is 2.30. The molecule has 0 radical (unpaired) electrons. The maximum absolute atomic E-state index is 5.87. The summed E-state index contributed by atoms with van der Waals surface area (Å²) in [7, 11) is 0. The second-order valence-corrected chi connectivity index (χ2v) is 4.42. The van der Waals surface area contributed by atoms with Crippen LogP contribution in [0, 0.1) is 0 Å². The molecule has 0 unspecified atom stereocenters. The summed E-state index contributed by atoms with van der Waals surface area (Å²) in [5, 5.41) is 1.02. The lowest BCUT2D eigenvalue weighted by molar-refractivity contribution is 0.483. The van der Waals surface area contributed by atoms with Crippen LogP contribution in [0.2, 0.25) is 10.0 Å². The number of hydrogen-bond acceptors (Lipinski definition) is 3. The van der Waals surface area contributed by atoms with Crippen LogP contribution in [0.5, 0.6) is 11.5 Å². The summed E-state index contributed by atoms with van der Waals surface area (Å²) in [5.41, 5.74) is 12.4. The van der Waals surface area contributed by atoms with Crippen LogP contribution in [0.3, 0.4) is 0 Å². The predicted molar refractivity (Wildman–Crippen MR) is 71.8 cm³/mol. The van der Waals surface area contributed by atoms with Crippen LogP contribution >= 0.6 is 23.2 Å². The smallest absolute Gasteiger partial charge is 0.130 e. The highest BCUT2D eigenvalue weighted by atomic mass is 35.5. The quantitative estimate of drug-likeness (QED) is 0.811. The Morgan fingerprint density at radius 2 is 1.12 bits per heavy atom. The normalized spacial score (nSPS) is 10.2. The fraction of sp³-hybridized carbons (Fsp3) is 0. The van der Waals surface area contributed by atoms with E-state index in [1.165, 1.54) is 0 Å². The van der Waals surface area contributed by atoms with Crippen LogP contribution in [-0.2, 0) is 0 Å². The van der Waals surface area contributed by atoms with Gasteiger partial charge >= 0.3 is 0 Å². The first-order valence-electron chi connectivity index (χ1n) is 4.83. The number of nitrogen functional groups attached to an aromatic ring is 2. The molecule has 4 N–H and O–H groups in total. The molecule has 2 aromatic rings. The van der Waals surface area contributed by atoms with Crippen LogP contribution in [-0.4, -0.2) is 0 Å². The third-order valence-electron chi connectivity index (χ3n) is 2.02. The second kappa shape index (κ2) is 4.73. The van der Waals surface area contributed by atoms with Crippen molar-refractivity contribution in [3.8, 4) is 11.5 Å². The Morgan fingerprint density at radius 1 is 0.706 bits per heavy atom. The molecule has 17 heavy (non-hydrogen) atoms. The van der Waals surface area contributed by atoms with Gasteiger partial charge in [0.05, 0.1) is 0 Å². The average molecular weight is 269 g/mol. The zero-order valence-corrected chi connectivity index (χ0v) is 10.3. The fourth-order valence-electron chi connectivity index (χ4n) is 1.42. The molecule has 2 aromatic carbocycles. The van der Waals surface area contributed by atoms with Crippen molar-refractivity contribution >= 4 is 34.6 Å². The number of anilines is 2. The van der Waals surface area contributed by atoms with Gasteiger partial charge in [0.2, 0.25) is 0 Å². The molecule has 5 heteroatoms. The topological polar surface area (TPSA) is 61.3 Å². The van der Waals surface area contributed by atoms with Crippen LogP contribution in [0.25, 0.3) is 0 Å². The van der Waals surface area contributed by atoms with E-state index in [-0.39, 0.29) is 0 Å². The number of benzene rings is 2. The highest BCUT2D eigenvalue weighted by molar-refractivity contribution is 6.31. The molecule has 0 bridgehead atoms. The first-order valence-corrected chi connectivity index (χ1v) is 5.58. The van der Waals surface area contributed by atoms with Crippen molar-refractivity contribution in [3.63, 3.8) is 0 Å². The van der Waals surface area contributed by atoms with Gasteiger partial charge in [0, 0.05) is 33.6 Å². The lowest BCUT2D eigenvalue weighted by Crippen LogP contribution is -1.90. The summed E-state index contributed by atoms with van der Waals surface area (Å²) in [6, 6.07) is 9.94. The Morgan fingerprint density at radius 3 is 1.47 bits per heavy atom. The molecule has 0 saturated carbocycles. The molecule has 0 heterocycles. The minimum absolute atomic E-state index is 0.509. The van der Waals surface area contributed by atoms with Crippen LogP contribution < -0.4 is 16.2 Å². The van der Waals surface area contributed by atoms with E-state index in [1.54, 1.807) is 36.4 Å². The van der Waals surface area contributed by atoms with Crippen molar-refractivity contribution in [1.82, 2.24) is 0 Å². The van der Waals surface area contributed by atoms with Crippen molar-refractivity contribution in [2.24, 2.45) is 0 Å². The number of rotatable bonds is 2. The first-order chi connectivity index (χ1) is 8.02. The minimum atomic E-state index is 0.509. The molecule has 0 saturated heterocycles. The molecule has 3 nitrogen and oxygen atoms in total. The van der Waals surface area contributed by atoms with Crippen LogP contribution in [0.4, 0.5) is 11.4 Å². The Kier molecular flexibility index (Phi) is 3.31. The molecule has 0 aliphatic heterocycles. The van der Waals surface area contributed by atoms with E-state index in [2.05, 4.69) is 0 Å². The summed E-state index contributed by atoms with van der Waals surface area (Å²) >= 11 is 11.7. The third-order valence-corrected chi connectivity index (χ3v) is 2.46. The maximum Gasteiger partial charge on any atom is 0.130 e. The van der Waals surface area contributed by atoms with E-state index in [4.69, 9.17) is 39.4 Å². The zero-order valence-electron chi connectivity index (χ0n) is 8.78. The molecule has 2 rings (SSSR count). The van der Waals surface area contributed by atoms with E-state index in [1.807, 2.05) is 0 Å². The number of halogens is 2. The van der Waals surface area contributed by atoms with E-state index in [0.29, 0.717) is 32.9 Å². The Hall–Kier alpha value is -1.58. The van der Waals surface area contributed by atoms with Crippen LogP contribution in [0.15, 0.2) is 36.4 Å². The number of hydrogen-bond donors (Lipinski definition) is 2. The van der Waals surface area contributed by atoms with Crippen molar-refractivity contribution in [2.75, 3.05) is 11.5 Å². The molecule has 0 aromatic heterocycles. The molecule has 0 amide bonds. The molecule has 0 spiro atoms.